The number of rotatable bonds is 4. The van der Waals surface area contributed by atoms with Crippen molar-refractivity contribution < 1.29 is 14.8 Å². The van der Waals surface area contributed by atoms with Crippen molar-refractivity contribution >= 4 is 23.2 Å². The van der Waals surface area contributed by atoms with Crippen LogP contribution in [0, 0.1) is 10.1 Å². The van der Waals surface area contributed by atoms with Crippen LogP contribution in [-0.2, 0) is 0 Å². The van der Waals surface area contributed by atoms with Crippen LogP contribution in [0.5, 0.6) is 0 Å². The molecule has 6 nitrogen and oxygen atoms in total. The number of benzene rings is 1. The third kappa shape index (κ3) is 3.97. The minimum Gasteiger partial charge on any atom is -0.389 e. The van der Waals surface area contributed by atoms with Gasteiger partial charge in [0.25, 0.3) is 11.6 Å². The van der Waals surface area contributed by atoms with Gasteiger partial charge in [-0.2, -0.15) is 0 Å². The molecule has 1 rings (SSSR count). The summed E-state index contributed by atoms with van der Waals surface area (Å²) in [5.41, 5.74) is -1.55. The molecule has 0 spiro atoms. The Labute approximate surface area is 109 Å². The lowest BCUT2D eigenvalue weighted by molar-refractivity contribution is -0.385. The van der Waals surface area contributed by atoms with Gasteiger partial charge in [0.15, 0.2) is 0 Å². The van der Waals surface area contributed by atoms with Crippen molar-refractivity contribution in [3.8, 4) is 0 Å². The molecule has 0 aliphatic rings. The van der Waals surface area contributed by atoms with E-state index in [9.17, 15) is 20.0 Å². The molecule has 0 bridgehead atoms. The summed E-state index contributed by atoms with van der Waals surface area (Å²) in [6.45, 7) is 3.01. The molecule has 0 aliphatic heterocycles. The molecule has 1 aromatic carbocycles. The highest BCUT2D eigenvalue weighted by Crippen LogP contribution is 2.22. The second kappa shape index (κ2) is 5.32. The fourth-order valence-corrected chi connectivity index (χ4v) is 1.41. The van der Waals surface area contributed by atoms with Crippen molar-refractivity contribution in [3.63, 3.8) is 0 Å². The number of aliphatic hydroxyl groups is 1. The van der Waals surface area contributed by atoms with Crippen LogP contribution in [0.2, 0.25) is 5.02 Å². The van der Waals surface area contributed by atoms with Crippen molar-refractivity contribution in [2.75, 3.05) is 6.54 Å². The summed E-state index contributed by atoms with van der Waals surface area (Å²) in [5, 5.41) is 22.9. The van der Waals surface area contributed by atoms with Crippen LogP contribution in [0.25, 0.3) is 0 Å². The van der Waals surface area contributed by atoms with Crippen molar-refractivity contribution in [2.45, 2.75) is 19.4 Å². The molecule has 18 heavy (non-hydrogen) atoms. The fraction of sp³-hybridized carbons (Fsp3) is 0.364. The van der Waals surface area contributed by atoms with Crippen LogP contribution in [-0.4, -0.2) is 28.1 Å². The van der Waals surface area contributed by atoms with Gasteiger partial charge in [-0.05, 0) is 26.0 Å². The van der Waals surface area contributed by atoms with Gasteiger partial charge in [0, 0.05) is 17.6 Å². The number of nitrogens with zero attached hydrogens (tertiary/aromatic N) is 1. The summed E-state index contributed by atoms with van der Waals surface area (Å²) in [7, 11) is 0. The van der Waals surface area contributed by atoms with Gasteiger partial charge in [0.05, 0.1) is 10.5 Å². The lowest BCUT2D eigenvalue weighted by atomic mass is 10.1. The van der Waals surface area contributed by atoms with Gasteiger partial charge in [0.1, 0.15) is 5.56 Å². The second-order valence-electron chi connectivity index (χ2n) is 4.41. The Morgan fingerprint density at radius 1 is 1.56 bits per heavy atom. The molecule has 0 aliphatic carbocycles. The van der Waals surface area contributed by atoms with Gasteiger partial charge >= 0.3 is 0 Å². The molecule has 2 N–H and O–H groups in total. The maximum Gasteiger partial charge on any atom is 0.282 e. The van der Waals surface area contributed by atoms with E-state index in [-0.39, 0.29) is 22.8 Å². The molecule has 7 heteroatoms. The number of carbonyl (C=O) groups excluding carboxylic acids is 1. The molecular weight excluding hydrogens is 260 g/mol. The molecular formula is C11H13ClN2O4. The normalized spacial score (nSPS) is 11.1. The van der Waals surface area contributed by atoms with E-state index < -0.39 is 16.4 Å². The number of hydrogen-bond acceptors (Lipinski definition) is 4. The summed E-state index contributed by atoms with van der Waals surface area (Å²) >= 11 is 5.70. The number of amides is 1. The first-order valence-corrected chi connectivity index (χ1v) is 5.53. The molecule has 0 saturated heterocycles. The number of nitro benzene ring substituents is 1. The Kier molecular flexibility index (Phi) is 4.26. The molecule has 98 valence electrons. The lowest BCUT2D eigenvalue weighted by Crippen LogP contribution is -2.38. The van der Waals surface area contributed by atoms with Crippen LogP contribution in [0.3, 0.4) is 0 Å². The lowest BCUT2D eigenvalue weighted by Gasteiger charge is -2.17. The Morgan fingerprint density at radius 3 is 2.67 bits per heavy atom. The van der Waals surface area contributed by atoms with Gasteiger partial charge in [-0.25, -0.2) is 0 Å². The van der Waals surface area contributed by atoms with E-state index in [2.05, 4.69) is 5.32 Å². The van der Waals surface area contributed by atoms with Crippen molar-refractivity contribution in [1.29, 1.82) is 0 Å². The first-order valence-electron chi connectivity index (χ1n) is 5.15. The molecule has 0 heterocycles. The van der Waals surface area contributed by atoms with Gasteiger partial charge in [-0.1, -0.05) is 11.6 Å². The highest BCUT2D eigenvalue weighted by molar-refractivity contribution is 6.31. The van der Waals surface area contributed by atoms with Crippen LogP contribution >= 0.6 is 11.6 Å². The molecule has 1 aromatic rings. The van der Waals surface area contributed by atoms with Crippen LogP contribution < -0.4 is 5.32 Å². The maximum absolute atomic E-state index is 11.8. The first kappa shape index (κ1) is 14.4. The predicted octanol–water partition coefficient (Wildman–Crippen LogP) is 1.75. The van der Waals surface area contributed by atoms with E-state index in [1.54, 1.807) is 0 Å². The summed E-state index contributed by atoms with van der Waals surface area (Å²) in [4.78, 5) is 21.9. The largest absolute Gasteiger partial charge is 0.389 e. The number of nitro groups is 1. The number of halogens is 1. The van der Waals surface area contributed by atoms with E-state index in [1.165, 1.54) is 32.0 Å². The van der Waals surface area contributed by atoms with E-state index in [0.29, 0.717) is 0 Å². The van der Waals surface area contributed by atoms with Crippen molar-refractivity contribution in [2.24, 2.45) is 0 Å². The average Bonchev–Trinajstić information content (AvgIpc) is 2.24. The standard InChI is InChI=1S/C11H13ClN2O4/c1-11(2,16)6-13-10(15)8-5-7(12)3-4-9(8)14(17)18/h3-5,16H,6H2,1-2H3,(H,13,15). The topological polar surface area (TPSA) is 92.5 Å². The smallest absolute Gasteiger partial charge is 0.282 e. The third-order valence-electron chi connectivity index (χ3n) is 2.08. The molecule has 0 saturated carbocycles. The van der Waals surface area contributed by atoms with Crippen molar-refractivity contribution in [3.05, 3.63) is 38.9 Å². The molecule has 0 fully saturated rings. The Morgan fingerprint density at radius 2 is 2.17 bits per heavy atom. The molecule has 0 unspecified atom stereocenters. The molecule has 0 aromatic heterocycles. The molecule has 0 radical (unpaired) electrons. The Bertz CT molecular complexity index is 482. The van der Waals surface area contributed by atoms with Gasteiger partial charge in [0.2, 0.25) is 0 Å². The summed E-state index contributed by atoms with van der Waals surface area (Å²) < 4.78 is 0. The van der Waals surface area contributed by atoms with Gasteiger partial charge < -0.3 is 10.4 Å². The minimum atomic E-state index is -1.09. The highest BCUT2D eigenvalue weighted by atomic mass is 35.5. The van der Waals surface area contributed by atoms with Crippen LogP contribution in [0.15, 0.2) is 18.2 Å². The summed E-state index contributed by atoms with van der Waals surface area (Å²) in [6.07, 6.45) is 0. The fourth-order valence-electron chi connectivity index (χ4n) is 1.24. The third-order valence-corrected chi connectivity index (χ3v) is 2.32. The van der Waals surface area contributed by atoms with E-state index in [0.717, 1.165) is 0 Å². The quantitative estimate of drug-likeness (QED) is 0.645. The van der Waals surface area contributed by atoms with Crippen LogP contribution in [0.4, 0.5) is 5.69 Å². The number of hydrogen-bond donors (Lipinski definition) is 2. The monoisotopic (exact) mass is 272 g/mol. The van der Waals surface area contributed by atoms with Gasteiger partial charge in [-0.3, -0.25) is 14.9 Å². The SMILES string of the molecule is CC(C)(O)CNC(=O)c1cc(Cl)ccc1[N+](=O)[O-]. The molecule has 0 atom stereocenters. The summed E-state index contributed by atoms with van der Waals surface area (Å²) in [5.74, 6) is -0.647. The van der Waals surface area contributed by atoms with Crippen molar-refractivity contribution in [1.82, 2.24) is 5.32 Å². The zero-order chi connectivity index (χ0) is 13.9. The average molecular weight is 273 g/mol. The maximum atomic E-state index is 11.8. The van der Waals surface area contributed by atoms with E-state index in [1.807, 2.05) is 0 Å². The first-order chi connectivity index (χ1) is 8.20. The van der Waals surface area contributed by atoms with Gasteiger partial charge in [-0.15, -0.1) is 0 Å². The Balaban J connectivity index is 2.97. The van der Waals surface area contributed by atoms with Crippen LogP contribution in [0.1, 0.15) is 24.2 Å². The molecule has 1 amide bonds. The van der Waals surface area contributed by atoms with E-state index >= 15 is 0 Å². The Hall–Kier alpha value is -1.66. The minimum absolute atomic E-state index is 0.0184. The van der Waals surface area contributed by atoms with E-state index in [4.69, 9.17) is 11.6 Å². The number of nitrogens with one attached hydrogen (secondary N) is 1. The highest BCUT2D eigenvalue weighted by Gasteiger charge is 2.22. The number of carbonyl (C=O) groups is 1. The predicted molar refractivity (Wildman–Crippen MR) is 66.7 cm³/mol. The summed E-state index contributed by atoms with van der Waals surface area (Å²) in [6, 6.07) is 3.73. The zero-order valence-corrected chi connectivity index (χ0v) is 10.7. The second-order valence-corrected chi connectivity index (χ2v) is 4.85. The zero-order valence-electron chi connectivity index (χ0n) is 9.94.